The van der Waals surface area contributed by atoms with Crippen LogP contribution in [0.3, 0.4) is 0 Å². The van der Waals surface area contributed by atoms with Crippen molar-refractivity contribution in [3.63, 3.8) is 0 Å². The summed E-state index contributed by atoms with van der Waals surface area (Å²) in [5.41, 5.74) is -0.151. The van der Waals surface area contributed by atoms with Crippen LogP contribution in [0, 0.1) is 23.5 Å². The number of hydrogen-bond donors (Lipinski definition) is 0. The zero-order valence-electron chi connectivity index (χ0n) is 14.0. The lowest BCUT2D eigenvalue weighted by Gasteiger charge is -2.28. The lowest BCUT2D eigenvalue weighted by molar-refractivity contribution is 0.0936. The van der Waals surface area contributed by atoms with E-state index in [0.29, 0.717) is 12.3 Å². The van der Waals surface area contributed by atoms with Crippen molar-refractivity contribution >= 4 is 5.78 Å². The average Bonchev–Trinajstić information content (AvgIpc) is 2.54. The van der Waals surface area contributed by atoms with E-state index in [4.69, 9.17) is 4.74 Å². The van der Waals surface area contributed by atoms with Crippen LogP contribution in [-0.4, -0.2) is 12.4 Å². The fraction of sp³-hybridized carbons (Fsp3) is 0.632. The summed E-state index contributed by atoms with van der Waals surface area (Å²) in [5.74, 6) is -1.52. The quantitative estimate of drug-likeness (QED) is 0.615. The number of benzene rings is 1. The van der Waals surface area contributed by atoms with Gasteiger partial charge in [-0.05, 0) is 43.7 Å². The maximum atomic E-state index is 14.1. The number of carbonyl (C=O) groups is 1. The molecule has 0 radical (unpaired) electrons. The third kappa shape index (κ3) is 4.52. The third-order valence-electron chi connectivity index (χ3n) is 4.78. The van der Waals surface area contributed by atoms with Gasteiger partial charge < -0.3 is 4.74 Å². The smallest absolute Gasteiger partial charge is 0.201 e. The van der Waals surface area contributed by atoms with Gasteiger partial charge in [0.2, 0.25) is 5.82 Å². The van der Waals surface area contributed by atoms with Crippen LogP contribution in [0.4, 0.5) is 8.78 Å². The summed E-state index contributed by atoms with van der Waals surface area (Å²) < 4.78 is 33.0. The Morgan fingerprint density at radius 3 is 2.35 bits per heavy atom. The number of halogens is 2. The Morgan fingerprint density at radius 1 is 1.09 bits per heavy atom. The minimum Gasteiger partial charge on any atom is -0.491 e. The molecular weight excluding hydrogens is 298 g/mol. The molecule has 1 aliphatic carbocycles. The minimum atomic E-state index is -1.08. The Bertz CT molecular complexity index is 534. The topological polar surface area (TPSA) is 26.3 Å². The van der Waals surface area contributed by atoms with Gasteiger partial charge in [0.05, 0.1) is 12.2 Å². The number of Topliss-reactive ketones (excluding diaryl/α,β-unsaturated/α-hetero) is 1. The van der Waals surface area contributed by atoms with Crippen LogP contribution in [0.25, 0.3) is 0 Å². The number of carbonyl (C=O) groups excluding carboxylic acids is 1. The van der Waals surface area contributed by atoms with E-state index >= 15 is 0 Å². The zero-order chi connectivity index (χ0) is 16.8. The summed E-state index contributed by atoms with van der Waals surface area (Å²) in [5, 5.41) is 0. The molecule has 2 nitrogen and oxygen atoms in total. The van der Waals surface area contributed by atoms with Gasteiger partial charge in [0.1, 0.15) is 0 Å². The van der Waals surface area contributed by atoms with Crippen molar-refractivity contribution < 1.29 is 18.3 Å². The molecule has 1 saturated carbocycles. The molecule has 0 aliphatic heterocycles. The zero-order valence-corrected chi connectivity index (χ0v) is 14.0. The van der Waals surface area contributed by atoms with E-state index in [0.717, 1.165) is 31.6 Å². The lowest BCUT2D eigenvalue weighted by Crippen LogP contribution is -2.18. The highest BCUT2D eigenvalue weighted by atomic mass is 19.2. The molecule has 0 unspecified atom stereocenters. The van der Waals surface area contributed by atoms with Crippen molar-refractivity contribution in [2.24, 2.45) is 11.8 Å². The van der Waals surface area contributed by atoms with E-state index in [1.807, 2.05) is 0 Å². The summed E-state index contributed by atoms with van der Waals surface area (Å²) in [7, 11) is 0. The van der Waals surface area contributed by atoms with Crippen LogP contribution in [0.5, 0.6) is 5.75 Å². The van der Waals surface area contributed by atoms with E-state index in [-0.39, 0.29) is 23.7 Å². The normalized spacial score (nSPS) is 21.2. The van der Waals surface area contributed by atoms with Crippen molar-refractivity contribution in [2.45, 2.75) is 58.8 Å². The molecule has 1 fully saturated rings. The number of rotatable bonds is 7. The van der Waals surface area contributed by atoms with E-state index in [1.165, 1.54) is 25.0 Å². The van der Waals surface area contributed by atoms with Crippen LogP contribution in [0.2, 0.25) is 0 Å². The predicted octanol–water partition coefficient (Wildman–Crippen LogP) is 5.54. The Labute approximate surface area is 137 Å². The molecule has 4 heteroatoms. The molecule has 0 atom stereocenters. The van der Waals surface area contributed by atoms with Gasteiger partial charge in [-0.2, -0.15) is 4.39 Å². The first-order valence-electron chi connectivity index (χ1n) is 8.70. The first-order chi connectivity index (χ1) is 11.1. The molecule has 0 amide bonds. The highest BCUT2D eigenvalue weighted by molar-refractivity contribution is 5.96. The first kappa shape index (κ1) is 17.9. The van der Waals surface area contributed by atoms with Crippen LogP contribution < -0.4 is 4.74 Å². The van der Waals surface area contributed by atoms with Crippen molar-refractivity contribution in [2.75, 3.05) is 6.61 Å². The SMILES string of the molecule is CCCC1CCC(CC(=O)c2ccc(OCC)c(F)c2F)CC1. The van der Waals surface area contributed by atoms with Crippen LogP contribution in [0.1, 0.15) is 69.2 Å². The Balaban J connectivity index is 1.98. The molecule has 0 saturated heterocycles. The third-order valence-corrected chi connectivity index (χ3v) is 4.78. The summed E-state index contributed by atoms with van der Waals surface area (Å²) in [6.45, 7) is 4.15. The summed E-state index contributed by atoms with van der Waals surface area (Å²) >= 11 is 0. The first-order valence-corrected chi connectivity index (χ1v) is 8.70. The van der Waals surface area contributed by atoms with Gasteiger partial charge in [-0.25, -0.2) is 4.39 Å². The molecule has 1 aromatic carbocycles. The van der Waals surface area contributed by atoms with E-state index in [2.05, 4.69) is 6.92 Å². The second kappa shape index (κ2) is 8.42. The van der Waals surface area contributed by atoms with Gasteiger partial charge in [-0.3, -0.25) is 4.79 Å². The van der Waals surface area contributed by atoms with Crippen LogP contribution >= 0.6 is 0 Å². The molecule has 23 heavy (non-hydrogen) atoms. The molecule has 128 valence electrons. The lowest BCUT2D eigenvalue weighted by atomic mass is 9.78. The summed E-state index contributed by atoms with van der Waals surface area (Å²) in [6, 6.07) is 2.68. The van der Waals surface area contributed by atoms with Crippen molar-refractivity contribution in [1.29, 1.82) is 0 Å². The molecule has 0 heterocycles. The monoisotopic (exact) mass is 324 g/mol. The van der Waals surface area contributed by atoms with E-state index in [9.17, 15) is 13.6 Å². The van der Waals surface area contributed by atoms with E-state index < -0.39 is 11.6 Å². The fourth-order valence-corrected chi connectivity index (χ4v) is 3.52. The maximum absolute atomic E-state index is 14.1. The fourth-order valence-electron chi connectivity index (χ4n) is 3.52. The average molecular weight is 324 g/mol. The number of ether oxygens (including phenoxy) is 1. The number of hydrogen-bond acceptors (Lipinski definition) is 2. The molecular formula is C19H26F2O2. The Hall–Kier alpha value is -1.45. The predicted molar refractivity (Wildman–Crippen MR) is 86.8 cm³/mol. The number of ketones is 1. The van der Waals surface area contributed by atoms with Crippen molar-refractivity contribution in [1.82, 2.24) is 0 Å². The van der Waals surface area contributed by atoms with Crippen LogP contribution in [-0.2, 0) is 0 Å². The Kier molecular flexibility index (Phi) is 6.55. The van der Waals surface area contributed by atoms with Gasteiger partial charge >= 0.3 is 0 Å². The highest BCUT2D eigenvalue weighted by Crippen LogP contribution is 2.34. The molecule has 1 aromatic rings. The van der Waals surface area contributed by atoms with Gasteiger partial charge in [-0.15, -0.1) is 0 Å². The summed E-state index contributed by atoms with van der Waals surface area (Å²) in [4.78, 5) is 12.3. The molecule has 0 bridgehead atoms. The van der Waals surface area contributed by atoms with Gasteiger partial charge in [0, 0.05) is 6.42 Å². The standard InChI is InChI=1S/C19H26F2O2/c1-3-5-13-6-8-14(9-7-13)12-16(22)15-10-11-17(23-4-2)19(21)18(15)20/h10-11,13-14H,3-9,12H2,1-2H3. The Morgan fingerprint density at radius 2 is 1.74 bits per heavy atom. The van der Waals surface area contributed by atoms with Crippen LogP contribution in [0.15, 0.2) is 12.1 Å². The van der Waals surface area contributed by atoms with Gasteiger partial charge in [0.25, 0.3) is 0 Å². The maximum Gasteiger partial charge on any atom is 0.201 e. The highest BCUT2D eigenvalue weighted by Gasteiger charge is 2.25. The second-order valence-electron chi connectivity index (χ2n) is 6.47. The van der Waals surface area contributed by atoms with Crippen molar-refractivity contribution in [3.05, 3.63) is 29.3 Å². The molecule has 1 aliphatic rings. The summed E-state index contributed by atoms with van der Waals surface area (Å²) in [6.07, 6.45) is 7.07. The largest absolute Gasteiger partial charge is 0.491 e. The van der Waals surface area contributed by atoms with E-state index in [1.54, 1.807) is 6.92 Å². The molecule has 0 N–H and O–H groups in total. The molecule has 0 aromatic heterocycles. The van der Waals surface area contributed by atoms with Gasteiger partial charge in [0.15, 0.2) is 17.3 Å². The second-order valence-corrected chi connectivity index (χ2v) is 6.47. The van der Waals surface area contributed by atoms with Crippen molar-refractivity contribution in [3.8, 4) is 5.75 Å². The molecule has 2 rings (SSSR count). The molecule has 0 spiro atoms. The minimum absolute atomic E-state index is 0.137. The van der Waals surface area contributed by atoms with Gasteiger partial charge in [-0.1, -0.05) is 32.6 Å².